The summed E-state index contributed by atoms with van der Waals surface area (Å²) in [5.41, 5.74) is 0.296. The second-order valence-corrected chi connectivity index (χ2v) is 25.9. The van der Waals surface area contributed by atoms with Crippen LogP contribution in [-0.4, -0.2) is 287 Å². The highest BCUT2D eigenvalue weighted by atomic mass is 16.8. The summed E-state index contributed by atoms with van der Waals surface area (Å²) in [6, 6.07) is 0. The van der Waals surface area contributed by atoms with E-state index in [0.717, 1.165) is 37.0 Å². The molecule has 0 aromatic rings. The Morgan fingerprint density at radius 2 is 1.13 bits per heavy atom. The molecule has 28 nitrogen and oxygen atoms in total. The van der Waals surface area contributed by atoms with E-state index >= 15 is 0 Å². The van der Waals surface area contributed by atoms with Gasteiger partial charge in [-0.15, -0.1) is 0 Å². The van der Waals surface area contributed by atoms with Gasteiger partial charge in [0.1, 0.15) is 128 Å². The maximum Gasteiger partial charge on any atom is 0.187 e. The lowest BCUT2D eigenvalue weighted by atomic mass is 9.44. The smallest absolute Gasteiger partial charge is 0.187 e. The third-order valence-corrected chi connectivity index (χ3v) is 21.1. The van der Waals surface area contributed by atoms with Crippen LogP contribution in [0.3, 0.4) is 0 Å². The van der Waals surface area contributed by atoms with E-state index < -0.39 is 192 Å². The second-order valence-electron chi connectivity index (χ2n) is 25.9. The van der Waals surface area contributed by atoms with E-state index in [1.807, 2.05) is 6.92 Å². The van der Waals surface area contributed by atoms with Crippen molar-refractivity contribution >= 4 is 5.78 Å². The first kappa shape index (κ1) is 65.1. The van der Waals surface area contributed by atoms with Crippen molar-refractivity contribution in [3.05, 3.63) is 11.3 Å². The Morgan fingerprint density at radius 1 is 0.571 bits per heavy atom. The molecule has 0 amide bonds. The van der Waals surface area contributed by atoms with Crippen molar-refractivity contribution in [2.45, 2.75) is 245 Å². The van der Waals surface area contributed by atoms with Gasteiger partial charge in [-0.3, -0.25) is 4.79 Å². The first-order chi connectivity index (χ1) is 39.9. The highest BCUT2D eigenvalue weighted by molar-refractivity contribution is 5.87. The number of ketones is 1. The molecule has 34 atom stereocenters. The fourth-order valence-electron chi connectivity index (χ4n) is 16.1. The van der Waals surface area contributed by atoms with Gasteiger partial charge in [-0.1, -0.05) is 20.8 Å². The van der Waals surface area contributed by atoms with Crippen molar-refractivity contribution in [2.24, 2.45) is 46.3 Å². The normalized spacial score (nSPS) is 52.7. The second kappa shape index (κ2) is 26.2. The van der Waals surface area contributed by atoms with Crippen molar-refractivity contribution in [2.75, 3.05) is 39.6 Å². The Kier molecular flexibility index (Phi) is 20.3. The number of ether oxygens (including phenoxy) is 11. The van der Waals surface area contributed by atoms with Gasteiger partial charge in [0.25, 0.3) is 0 Å². The summed E-state index contributed by atoms with van der Waals surface area (Å²) in [6.07, 6.45) is -34.3. The van der Waals surface area contributed by atoms with Crippen molar-refractivity contribution in [3.8, 4) is 0 Å². The predicted octanol–water partition coefficient (Wildman–Crippen LogP) is -5.36. The number of hydrogen-bond acceptors (Lipinski definition) is 28. The molecule has 6 aliphatic heterocycles. The minimum Gasteiger partial charge on any atom is -0.494 e. The molecule has 5 saturated heterocycles. The quantitative estimate of drug-likeness (QED) is 0.0570. The highest BCUT2D eigenvalue weighted by Crippen LogP contribution is 2.69. The molecule has 0 bridgehead atoms. The standard InChI is InChI=1S/C56H90O28/c1-20(18-74-50-43(70)40(67)37(64)30(14-57)78-50)5-8-28-21(2)35-29(77-28)12-26-24-7-6-22-11-23(9-10-55(22,3)25(24)13-34(62)56(26,35)4)76-51-45(72)42(69)47(33(17-60)81-51)82-53-46(73)48(39(66)32(16-59)80-53)83-54-49(36(63)27(61)19-75-54)84-52-44(71)41(68)38(65)31(15-58)79-52/h20,22-27,29-33,35-54,57-61,63-73H,5-19H2,1-4H3/t20-,22-,23+,24-,25+,26+,27-,29+,30-,31-,32-,33-,35+,36+,37-,38+,39-,40+,41+,42-,43-,44-,45-,46-,47-,48+,49-,50-,51-,52+,53+,54+,55+,56-/m1/s1. The van der Waals surface area contributed by atoms with Gasteiger partial charge in [0.15, 0.2) is 31.5 Å². The summed E-state index contributed by atoms with van der Waals surface area (Å²) in [5.74, 6) is 1.76. The van der Waals surface area contributed by atoms with Crippen LogP contribution in [0.4, 0.5) is 0 Å². The number of rotatable bonds is 18. The Hall–Kier alpha value is -1.83. The number of aliphatic hydroxyl groups excluding tert-OH is 16. The summed E-state index contributed by atoms with van der Waals surface area (Å²) in [7, 11) is 0. The van der Waals surface area contributed by atoms with Crippen LogP contribution in [0.1, 0.15) is 85.5 Å². The molecule has 482 valence electrons. The van der Waals surface area contributed by atoms with Gasteiger partial charge in [0, 0.05) is 24.2 Å². The maximum absolute atomic E-state index is 14.8. The maximum atomic E-state index is 14.8. The van der Waals surface area contributed by atoms with Crippen LogP contribution in [-0.2, 0) is 56.9 Å². The lowest BCUT2D eigenvalue weighted by Gasteiger charge is -2.60. The van der Waals surface area contributed by atoms with Crippen LogP contribution in [0.15, 0.2) is 11.3 Å². The molecule has 0 aromatic heterocycles. The topological polar surface area (TPSA) is 442 Å². The van der Waals surface area contributed by atoms with Gasteiger partial charge in [-0.25, -0.2) is 0 Å². The number of carbonyl (C=O) groups excluding carboxylic acids is 1. The van der Waals surface area contributed by atoms with E-state index in [1.54, 1.807) is 0 Å². The van der Waals surface area contributed by atoms with Gasteiger partial charge in [0.2, 0.25) is 0 Å². The molecule has 84 heavy (non-hydrogen) atoms. The van der Waals surface area contributed by atoms with Crippen LogP contribution in [0.5, 0.6) is 0 Å². The van der Waals surface area contributed by atoms with Crippen LogP contribution >= 0.6 is 0 Å². The van der Waals surface area contributed by atoms with Crippen molar-refractivity contribution in [1.29, 1.82) is 0 Å². The molecular weight excluding hydrogens is 1120 g/mol. The molecule has 9 fully saturated rings. The average molecular weight is 1210 g/mol. The molecule has 4 saturated carbocycles. The zero-order valence-electron chi connectivity index (χ0n) is 47.6. The van der Waals surface area contributed by atoms with Crippen molar-refractivity contribution < 1.29 is 139 Å². The molecule has 10 rings (SSSR count). The Bertz CT molecular complexity index is 2250. The number of hydrogen-bond donors (Lipinski definition) is 16. The molecule has 0 radical (unpaired) electrons. The molecule has 4 aliphatic carbocycles. The van der Waals surface area contributed by atoms with Gasteiger partial charge < -0.3 is 134 Å². The minimum atomic E-state index is -2.02. The summed E-state index contributed by atoms with van der Waals surface area (Å²) in [4.78, 5) is 14.8. The van der Waals surface area contributed by atoms with E-state index in [-0.39, 0.29) is 53.5 Å². The van der Waals surface area contributed by atoms with Crippen LogP contribution in [0.25, 0.3) is 0 Å². The average Bonchev–Trinajstić information content (AvgIpc) is 1.53. The Labute approximate surface area is 485 Å². The summed E-state index contributed by atoms with van der Waals surface area (Å²) >= 11 is 0. The summed E-state index contributed by atoms with van der Waals surface area (Å²) in [5, 5.41) is 170. The largest absolute Gasteiger partial charge is 0.494 e. The predicted molar refractivity (Wildman–Crippen MR) is 277 cm³/mol. The fourth-order valence-corrected chi connectivity index (χ4v) is 16.1. The first-order valence-corrected chi connectivity index (χ1v) is 29.9. The first-order valence-electron chi connectivity index (χ1n) is 29.9. The molecule has 16 N–H and O–H groups in total. The number of carbonyl (C=O) groups is 1. The number of Topliss-reactive ketones (excluding diaryl/α,β-unsaturated/α-hetero) is 1. The van der Waals surface area contributed by atoms with Gasteiger partial charge in [-0.05, 0) is 92.4 Å². The lowest BCUT2D eigenvalue weighted by Crippen LogP contribution is -2.67. The van der Waals surface area contributed by atoms with Crippen molar-refractivity contribution in [3.63, 3.8) is 0 Å². The lowest BCUT2D eigenvalue weighted by molar-refractivity contribution is -0.390. The zero-order valence-corrected chi connectivity index (χ0v) is 47.6. The monoisotopic (exact) mass is 1210 g/mol. The van der Waals surface area contributed by atoms with Gasteiger partial charge in [0.05, 0.1) is 51.5 Å². The van der Waals surface area contributed by atoms with Crippen LogP contribution < -0.4 is 0 Å². The Balaban J connectivity index is 0.734. The third-order valence-electron chi connectivity index (χ3n) is 21.1. The molecule has 0 aromatic carbocycles. The number of allylic oxidation sites excluding steroid dienone is 1. The molecule has 0 unspecified atom stereocenters. The van der Waals surface area contributed by atoms with Gasteiger partial charge >= 0.3 is 0 Å². The number of aliphatic hydroxyl groups is 16. The van der Waals surface area contributed by atoms with Crippen molar-refractivity contribution in [1.82, 2.24) is 0 Å². The van der Waals surface area contributed by atoms with E-state index in [0.29, 0.717) is 38.0 Å². The van der Waals surface area contributed by atoms with Gasteiger partial charge in [-0.2, -0.15) is 0 Å². The molecule has 6 heterocycles. The molecule has 10 aliphatic rings. The number of fused-ring (bicyclic) bond motifs is 7. The van der Waals surface area contributed by atoms with E-state index in [2.05, 4.69) is 20.8 Å². The van der Waals surface area contributed by atoms with E-state index in [1.165, 1.54) is 0 Å². The molecule has 28 heteroatoms. The van der Waals surface area contributed by atoms with Crippen LogP contribution in [0.2, 0.25) is 0 Å². The SMILES string of the molecule is CC1=C(CC[C@@H](C)CO[C@@H]2O[C@H](CO)[C@@H](O)[C@H](O)[C@H]2O)O[C@H]2C[C@H]3[C@@H]4CC[C@@H]5C[C@@H](O[C@@H]6O[C@H](CO)[C@@H](O[C@@H]7O[C@H](CO)[C@@H](O)[C@H](O[C@@H]8OC[C@@H](O)[C@H](O)[C@H]8O[C@@H]8O[C@H](CO)[C@H](O)[C@H](O)[C@H]8O)[C@H]7O)[C@H](O)[C@H]6O)CC[C@]5(C)[C@H]4CC(=O)[C@]3(C)[C@@H]12. The summed E-state index contributed by atoms with van der Waals surface area (Å²) < 4.78 is 64.9. The Morgan fingerprint density at radius 3 is 1.79 bits per heavy atom. The fraction of sp³-hybridized carbons (Fsp3) is 0.946. The van der Waals surface area contributed by atoms with Crippen LogP contribution in [0, 0.1) is 46.3 Å². The van der Waals surface area contributed by atoms with E-state index in [4.69, 9.17) is 52.1 Å². The third kappa shape index (κ3) is 11.8. The highest BCUT2D eigenvalue weighted by Gasteiger charge is 2.68. The zero-order chi connectivity index (χ0) is 60.6. The van der Waals surface area contributed by atoms with E-state index in [9.17, 15) is 86.5 Å². The summed E-state index contributed by atoms with van der Waals surface area (Å²) in [6.45, 7) is 5.06. The molecule has 0 spiro atoms. The minimum absolute atomic E-state index is 0.00960. The molecular formula is C56H90O28.